The summed E-state index contributed by atoms with van der Waals surface area (Å²) in [6.45, 7) is 0. The molecule has 0 fully saturated rings. The summed E-state index contributed by atoms with van der Waals surface area (Å²) in [4.78, 5) is 4.43. The molecular weight excluding hydrogens is 262 g/mol. The maximum Gasteiger partial charge on any atom is 0.199 e. The summed E-state index contributed by atoms with van der Waals surface area (Å²) in [5.41, 5.74) is 2.67. The minimum atomic E-state index is 0.649. The molecule has 3 rings (SSSR count). The predicted molar refractivity (Wildman–Crippen MR) is 74.8 cm³/mol. The third-order valence-corrected chi connectivity index (χ3v) is 3.14. The highest BCUT2D eigenvalue weighted by atomic mass is 35.5. The van der Waals surface area contributed by atoms with E-state index in [1.807, 2.05) is 30.3 Å². The van der Waals surface area contributed by atoms with E-state index < -0.39 is 0 Å². The van der Waals surface area contributed by atoms with Gasteiger partial charge in [-0.25, -0.2) is 4.98 Å². The highest BCUT2D eigenvalue weighted by Gasteiger charge is 2.07. The van der Waals surface area contributed by atoms with Gasteiger partial charge in [0, 0.05) is 11.4 Å². The van der Waals surface area contributed by atoms with Crippen molar-refractivity contribution in [2.24, 2.45) is 0 Å². The van der Waals surface area contributed by atoms with Crippen LogP contribution in [0.25, 0.3) is 11.1 Å². The standard InChI is InChI=1S/C15H12ClNO2/c1-18-12-5-2-10(3-6-12)8-15-17-13-9-11(16)4-7-14(13)19-15/h2-7,9H,8H2,1H3. The fourth-order valence-corrected chi connectivity index (χ4v) is 2.11. The molecule has 0 atom stereocenters. The summed E-state index contributed by atoms with van der Waals surface area (Å²) < 4.78 is 10.8. The second kappa shape index (κ2) is 4.94. The molecule has 4 heteroatoms. The molecule has 0 aliphatic carbocycles. The van der Waals surface area contributed by atoms with E-state index in [-0.39, 0.29) is 0 Å². The lowest BCUT2D eigenvalue weighted by atomic mass is 10.1. The van der Waals surface area contributed by atoms with Crippen LogP contribution in [0.5, 0.6) is 5.75 Å². The van der Waals surface area contributed by atoms with E-state index in [1.165, 1.54) is 0 Å². The van der Waals surface area contributed by atoms with Crippen LogP contribution in [0.2, 0.25) is 5.02 Å². The number of oxazole rings is 1. The van der Waals surface area contributed by atoms with Gasteiger partial charge in [0.2, 0.25) is 0 Å². The minimum Gasteiger partial charge on any atom is -0.497 e. The third-order valence-electron chi connectivity index (χ3n) is 2.91. The van der Waals surface area contributed by atoms with Crippen molar-refractivity contribution in [1.29, 1.82) is 0 Å². The van der Waals surface area contributed by atoms with Crippen LogP contribution in [0, 0.1) is 0 Å². The van der Waals surface area contributed by atoms with Gasteiger partial charge in [0.05, 0.1) is 7.11 Å². The van der Waals surface area contributed by atoms with Gasteiger partial charge in [0.1, 0.15) is 11.3 Å². The molecule has 0 unspecified atom stereocenters. The average molecular weight is 274 g/mol. The first kappa shape index (κ1) is 12.1. The minimum absolute atomic E-state index is 0.649. The van der Waals surface area contributed by atoms with Crippen LogP contribution in [-0.2, 0) is 6.42 Å². The van der Waals surface area contributed by atoms with E-state index in [4.69, 9.17) is 20.8 Å². The molecule has 96 valence electrons. The molecular formula is C15H12ClNO2. The van der Waals surface area contributed by atoms with E-state index >= 15 is 0 Å². The van der Waals surface area contributed by atoms with Gasteiger partial charge in [-0.2, -0.15) is 0 Å². The zero-order valence-corrected chi connectivity index (χ0v) is 11.1. The van der Waals surface area contributed by atoms with E-state index in [1.54, 1.807) is 19.2 Å². The van der Waals surface area contributed by atoms with Gasteiger partial charge in [-0.15, -0.1) is 0 Å². The molecule has 3 aromatic rings. The van der Waals surface area contributed by atoms with Crippen LogP contribution in [0.3, 0.4) is 0 Å². The highest BCUT2D eigenvalue weighted by Crippen LogP contribution is 2.22. The second-order valence-corrected chi connectivity index (χ2v) is 4.68. The molecule has 3 nitrogen and oxygen atoms in total. The van der Waals surface area contributed by atoms with Crippen LogP contribution >= 0.6 is 11.6 Å². The van der Waals surface area contributed by atoms with Crippen molar-refractivity contribution in [3.8, 4) is 5.75 Å². The topological polar surface area (TPSA) is 35.3 Å². The molecule has 1 heterocycles. The molecule has 2 aromatic carbocycles. The number of methoxy groups -OCH3 is 1. The molecule has 0 amide bonds. The van der Waals surface area contributed by atoms with Crippen molar-refractivity contribution in [1.82, 2.24) is 4.98 Å². The van der Waals surface area contributed by atoms with Crippen LogP contribution in [0.1, 0.15) is 11.5 Å². The number of fused-ring (bicyclic) bond motifs is 1. The Hall–Kier alpha value is -2.00. The first-order valence-electron chi connectivity index (χ1n) is 5.92. The third kappa shape index (κ3) is 2.56. The molecule has 19 heavy (non-hydrogen) atoms. The SMILES string of the molecule is COc1ccc(Cc2nc3cc(Cl)ccc3o2)cc1. The fourth-order valence-electron chi connectivity index (χ4n) is 1.94. The number of hydrogen-bond donors (Lipinski definition) is 0. The molecule has 0 saturated carbocycles. The molecule has 0 bridgehead atoms. The summed E-state index contributed by atoms with van der Waals surface area (Å²) in [7, 11) is 1.65. The molecule has 0 aliphatic heterocycles. The molecule has 0 spiro atoms. The highest BCUT2D eigenvalue weighted by molar-refractivity contribution is 6.31. The maximum absolute atomic E-state index is 5.93. The van der Waals surface area contributed by atoms with Gasteiger partial charge in [-0.3, -0.25) is 0 Å². The lowest BCUT2D eigenvalue weighted by molar-refractivity contribution is 0.414. The van der Waals surface area contributed by atoms with Gasteiger partial charge in [0.15, 0.2) is 11.5 Å². The van der Waals surface area contributed by atoms with E-state index in [0.29, 0.717) is 17.3 Å². The lowest BCUT2D eigenvalue weighted by Gasteiger charge is -2.00. The summed E-state index contributed by atoms with van der Waals surface area (Å²) in [6.07, 6.45) is 0.649. The summed E-state index contributed by atoms with van der Waals surface area (Å²) in [6, 6.07) is 13.3. The number of nitrogens with zero attached hydrogens (tertiary/aromatic N) is 1. The number of ether oxygens (including phenoxy) is 1. The number of aromatic nitrogens is 1. The molecule has 0 saturated heterocycles. The Kier molecular flexibility index (Phi) is 3.13. The van der Waals surface area contributed by atoms with E-state index in [9.17, 15) is 0 Å². The number of halogens is 1. The van der Waals surface area contributed by atoms with E-state index in [2.05, 4.69) is 4.98 Å². The Bertz CT molecular complexity index is 704. The normalized spacial score (nSPS) is 10.8. The molecule has 0 radical (unpaired) electrons. The van der Waals surface area contributed by atoms with Gasteiger partial charge in [0.25, 0.3) is 0 Å². The smallest absolute Gasteiger partial charge is 0.199 e. The van der Waals surface area contributed by atoms with Gasteiger partial charge in [-0.1, -0.05) is 23.7 Å². The van der Waals surface area contributed by atoms with Gasteiger partial charge < -0.3 is 9.15 Å². The Balaban J connectivity index is 1.87. The van der Waals surface area contributed by atoms with Crippen molar-refractivity contribution in [3.05, 3.63) is 58.9 Å². The number of rotatable bonds is 3. The summed E-state index contributed by atoms with van der Waals surface area (Å²) in [5.74, 6) is 1.52. The molecule has 0 N–H and O–H groups in total. The molecule has 1 aromatic heterocycles. The quantitative estimate of drug-likeness (QED) is 0.721. The van der Waals surface area contributed by atoms with Crippen molar-refractivity contribution in [3.63, 3.8) is 0 Å². The summed E-state index contributed by atoms with van der Waals surface area (Å²) >= 11 is 5.93. The second-order valence-electron chi connectivity index (χ2n) is 4.24. The van der Waals surface area contributed by atoms with Crippen LogP contribution in [0.15, 0.2) is 46.9 Å². The number of benzene rings is 2. The Morgan fingerprint density at radius 2 is 1.95 bits per heavy atom. The van der Waals surface area contributed by atoms with Crippen LogP contribution in [0.4, 0.5) is 0 Å². The fraction of sp³-hybridized carbons (Fsp3) is 0.133. The Morgan fingerprint density at radius 1 is 1.16 bits per heavy atom. The lowest BCUT2D eigenvalue weighted by Crippen LogP contribution is -1.88. The zero-order valence-electron chi connectivity index (χ0n) is 10.4. The van der Waals surface area contributed by atoms with Gasteiger partial charge >= 0.3 is 0 Å². The summed E-state index contributed by atoms with van der Waals surface area (Å²) in [5, 5.41) is 0.664. The predicted octanol–water partition coefficient (Wildman–Crippen LogP) is 4.08. The first-order valence-corrected chi connectivity index (χ1v) is 6.30. The van der Waals surface area contributed by atoms with Crippen molar-refractivity contribution < 1.29 is 9.15 Å². The molecule has 0 aliphatic rings. The van der Waals surface area contributed by atoms with Crippen molar-refractivity contribution >= 4 is 22.7 Å². The Labute approximate surface area is 115 Å². The van der Waals surface area contributed by atoms with Crippen molar-refractivity contribution in [2.45, 2.75) is 6.42 Å². The largest absolute Gasteiger partial charge is 0.497 e. The van der Waals surface area contributed by atoms with Gasteiger partial charge in [-0.05, 0) is 35.9 Å². The zero-order chi connectivity index (χ0) is 13.2. The van der Waals surface area contributed by atoms with E-state index in [0.717, 1.165) is 22.4 Å². The first-order chi connectivity index (χ1) is 9.24. The Morgan fingerprint density at radius 3 is 2.68 bits per heavy atom. The van der Waals surface area contributed by atoms with Crippen molar-refractivity contribution in [2.75, 3.05) is 7.11 Å². The maximum atomic E-state index is 5.93. The van der Waals surface area contributed by atoms with Crippen LogP contribution < -0.4 is 4.74 Å². The monoisotopic (exact) mass is 273 g/mol. The average Bonchev–Trinajstić information content (AvgIpc) is 2.81. The number of hydrogen-bond acceptors (Lipinski definition) is 3. The van der Waals surface area contributed by atoms with Crippen LogP contribution in [-0.4, -0.2) is 12.1 Å².